The Kier molecular flexibility index (Phi) is 5.19. The number of hydrogen-bond acceptors (Lipinski definition) is 5. The SMILES string of the molecule is Cc1c[nH]c2ncc(-c3cc4c(c([C@@H]5COCCN5)c3)CN(C(=O)c3cnn(C)c3)CC4)cc12. The molecule has 6 rings (SSSR count). The topological polar surface area (TPSA) is 88.1 Å². The summed E-state index contributed by atoms with van der Waals surface area (Å²) in [6.45, 7) is 5.53. The Balaban J connectivity index is 1.41. The van der Waals surface area contributed by atoms with Crippen LogP contribution in [0.15, 0.2) is 43.0 Å². The maximum atomic E-state index is 13.2. The molecule has 1 fully saturated rings. The monoisotopic (exact) mass is 456 g/mol. The van der Waals surface area contributed by atoms with E-state index in [4.69, 9.17) is 4.74 Å². The van der Waals surface area contributed by atoms with Crippen molar-refractivity contribution in [3.05, 3.63) is 70.8 Å². The fourth-order valence-corrected chi connectivity index (χ4v) is 5.12. The van der Waals surface area contributed by atoms with Crippen LogP contribution in [0.25, 0.3) is 22.2 Å². The minimum Gasteiger partial charge on any atom is -0.378 e. The van der Waals surface area contributed by atoms with Crippen LogP contribution in [-0.4, -0.2) is 56.9 Å². The number of carbonyl (C=O) groups is 1. The summed E-state index contributed by atoms with van der Waals surface area (Å²) in [5.41, 5.74) is 8.71. The zero-order valence-electron chi connectivity index (χ0n) is 19.5. The molecule has 174 valence electrons. The minimum atomic E-state index is 0.0271. The van der Waals surface area contributed by atoms with Crippen LogP contribution in [0.2, 0.25) is 0 Å². The second kappa shape index (κ2) is 8.38. The zero-order valence-corrected chi connectivity index (χ0v) is 19.5. The number of aromatic nitrogens is 4. The van der Waals surface area contributed by atoms with Gasteiger partial charge in [-0.25, -0.2) is 4.98 Å². The molecule has 0 bridgehead atoms. The number of hydrogen-bond donors (Lipinski definition) is 2. The van der Waals surface area contributed by atoms with E-state index in [2.05, 4.69) is 45.5 Å². The van der Waals surface area contributed by atoms with Gasteiger partial charge in [0.25, 0.3) is 5.91 Å². The molecular formula is C26H28N6O2. The van der Waals surface area contributed by atoms with E-state index in [0.717, 1.165) is 41.7 Å². The van der Waals surface area contributed by atoms with Gasteiger partial charge in [0.15, 0.2) is 0 Å². The van der Waals surface area contributed by atoms with Crippen LogP contribution >= 0.6 is 0 Å². The summed E-state index contributed by atoms with van der Waals surface area (Å²) in [4.78, 5) is 23.0. The fourth-order valence-electron chi connectivity index (χ4n) is 5.12. The second-order valence-electron chi connectivity index (χ2n) is 9.26. The first-order valence-electron chi connectivity index (χ1n) is 11.8. The summed E-state index contributed by atoms with van der Waals surface area (Å²) in [5.74, 6) is 0.0271. The fraction of sp³-hybridized carbons (Fsp3) is 0.346. The van der Waals surface area contributed by atoms with E-state index in [-0.39, 0.29) is 11.9 Å². The predicted octanol–water partition coefficient (Wildman–Crippen LogP) is 3.13. The third-order valence-corrected chi connectivity index (χ3v) is 6.98. The average Bonchev–Trinajstić information content (AvgIpc) is 3.48. The van der Waals surface area contributed by atoms with Gasteiger partial charge in [0.2, 0.25) is 0 Å². The van der Waals surface area contributed by atoms with Crippen molar-refractivity contribution < 1.29 is 9.53 Å². The maximum absolute atomic E-state index is 13.2. The number of benzene rings is 1. The van der Waals surface area contributed by atoms with Crippen LogP contribution in [0.3, 0.4) is 0 Å². The van der Waals surface area contributed by atoms with E-state index >= 15 is 0 Å². The number of rotatable bonds is 3. The molecule has 1 saturated heterocycles. The summed E-state index contributed by atoms with van der Waals surface area (Å²) < 4.78 is 7.48. The summed E-state index contributed by atoms with van der Waals surface area (Å²) >= 11 is 0. The molecule has 0 unspecified atom stereocenters. The number of nitrogens with zero attached hydrogens (tertiary/aromatic N) is 4. The largest absolute Gasteiger partial charge is 0.378 e. The standard InChI is InChI=1S/C26H28N6O2/c1-16-10-28-25-21(16)9-19(11-29-25)18-7-17-3-5-32(26(33)20-12-30-31(2)13-20)14-23(17)22(8-18)24-15-34-6-4-27-24/h7-13,24,27H,3-6,14-15H2,1-2H3,(H,28,29)/t24-/m0/s1. The quantitative estimate of drug-likeness (QED) is 0.495. The molecule has 34 heavy (non-hydrogen) atoms. The van der Waals surface area contributed by atoms with E-state index in [1.54, 1.807) is 17.1 Å². The van der Waals surface area contributed by atoms with Crippen LogP contribution in [0.1, 0.15) is 38.7 Å². The maximum Gasteiger partial charge on any atom is 0.257 e. The number of ether oxygens (including phenoxy) is 1. The van der Waals surface area contributed by atoms with Gasteiger partial charge in [0, 0.05) is 56.2 Å². The number of aryl methyl sites for hydroxylation is 2. The Morgan fingerprint density at radius 1 is 1.21 bits per heavy atom. The second-order valence-corrected chi connectivity index (χ2v) is 9.26. The van der Waals surface area contributed by atoms with Crippen molar-refractivity contribution in [2.24, 2.45) is 7.05 Å². The molecule has 0 radical (unpaired) electrons. The molecule has 1 atom stereocenters. The lowest BCUT2D eigenvalue weighted by Gasteiger charge is -2.34. The van der Waals surface area contributed by atoms with Gasteiger partial charge in [-0.3, -0.25) is 9.48 Å². The van der Waals surface area contributed by atoms with E-state index in [9.17, 15) is 4.79 Å². The van der Waals surface area contributed by atoms with Crippen LogP contribution in [0, 0.1) is 6.92 Å². The van der Waals surface area contributed by atoms with E-state index in [0.29, 0.717) is 25.3 Å². The van der Waals surface area contributed by atoms with Gasteiger partial charge < -0.3 is 19.9 Å². The molecule has 2 aliphatic heterocycles. The summed E-state index contributed by atoms with van der Waals surface area (Å²) in [6.07, 6.45) is 8.18. The van der Waals surface area contributed by atoms with Crippen molar-refractivity contribution >= 4 is 16.9 Å². The summed E-state index contributed by atoms with van der Waals surface area (Å²) in [5, 5.41) is 8.93. The number of morpholine rings is 1. The van der Waals surface area contributed by atoms with Gasteiger partial charge in [-0.1, -0.05) is 6.07 Å². The third kappa shape index (κ3) is 3.69. The molecule has 0 spiro atoms. The Morgan fingerprint density at radius 3 is 2.91 bits per heavy atom. The lowest BCUT2D eigenvalue weighted by Crippen LogP contribution is -2.39. The zero-order chi connectivity index (χ0) is 23.2. The molecule has 2 N–H and O–H groups in total. The van der Waals surface area contributed by atoms with Gasteiger partial charge in [0.1, 0.15) is 5.65 Å². The molecule has 3 aromatic heterocycles. The van der Waals surface area contributed by atoms with Crippen molar-refractivity contribution in [3.63, 3.8) is 0 Å². The molecule has 8 heteroatoms. The normalized spacial score (nSPS) is 18.3. The Morgan fingerprint density at radius 2 is 2.12 bits per heavy atom. The first kappa shape index (κ1) is 21.1. The summed E-state index contributed by atoms with van der Waals surface area (Å²) in [7, 11) is 1.83. The lowest BCUT2D eigenvalue weighted by atomic mass is 9.87. The van der Waals surface area contributed by atoms with Crippen molar-refractivity contribution in [3.8, 4) is 11.1 Å². The van der Waals surface area contributed by atoms with Crippen molar-refractivity contribution in [1.29, 1.82) is 0 Å². The highest BCUT2D eigenvalue weighted by Crippen LogP contribution is 2.34. The van der Waals surface area contributed by atoms with E-state index in [1.807, 2.05) is 24.3 Å². The first-order valence-corrected chi connectivity index (χ1v) is 11.8. The van der Waals surface area contributed by atoms with Crippen molar-refractivity contribution in [1.82, 2.24) is 30.0 Å². The number of aromatic amines is 1. The van der Waals surface area contributed by atoms with Gasteiger partial charge in [-0.15, -0.1) is 0 Å². The molecule has 5 heterocycles. The van der Waals surface area contributed by atoms with Crippen molar-refractivity contribution in [2.45, 2.75) is 25.9 Å². The molecule has 4 aromatic rings. The smallest absolute Gasteiger partial charge is 0.257 e. The van der Waals surface area contributed by atoms with Gasteiger partial charge in [0.05, 0.1) is 31.0 Å². The molecular weight excluding hydrogens is 428 g/mol. The number of pyridine rings is 1. The van der Waals surface area contributed by atoms with Crippen LogP contribution in [-0.2, 0) is 24.8 Å². The number of amides is 1. The molecule has 0 saturated carbocycles. The van der Waals surface area contributed by atoms with Crippen LogP contribution < -0.4 is 5.32 Å². The highest BCUT2D eigenvalue weighted by Gasteiger charge is 2.28. The summed E-state index contributed by atoms with van der Waals surface area (Å²) in [6, 6.07) is 6.85. The van der Waals surface area contributed by atoms with Crippen LogP contribution in [0.4, 0.5) is 0 Å². The van der Waals surface area contributed by atoms with Crippen LogP contribution in [0.5, 0.6) is 0 Å². The molecule has 0 aliphatic carbocycles. The third-order valence-electron chi connectivity index (χ3n) is 6.98. The number of fused-ring (bicyclic) bond motifs is 2. The predicted molar refractivity (Wildman–Crippen MR) is 129 cm³/mol. The number of nitrogens with one attached hydrogen (secondary N) is 2. The van der Waals surface area contributed by atoms with Crippen molar-refractivity contribution in [2.75, 3.05) is 26.3 Å². The number of H-pyrrole nitrogens is 1. The Bertz CT molecular complexity index is 1380. The minimum absolute atomic E-state index is 0.0271. The molecule has 1 amide bonds. The molecule has 1 aromatic carbocycles. The first-order chi connectivity index (χ1) is 16.6. The Labute approximate surface area is 197 Å². The average molecular weight is 457 g/mol. The highest BCUT2D eigenvalue weighted by molar-refractivity contribution is 5.94. The number of carbonyl (C=O) groups excluding carboxylic acids is 1. The Hall–Kier alpha value is -3.49. The lowest BCUT2D eigenvalue weighted by molar-refractivity contribution is 0.0715. The molecule has 2 aliphatic rings. The van der Waals surface area contributed by atoms with Gasteiger partial charge in [-0.05, 0) is 53.3 Å². The van der Waals surface area contributed by atoms with Gasteiger partial charge in [-0.2, -0.15) is 5.10 Å². The van der Waals surface area contributed by atoms with E-state index in [1.165, 1.54) is 22.3 Å². The highest BCUT2D eigenvalue weighted by atomic mass is 16.5. The molecule has 8 nitrogen and oxygen atoms in total. The van der Waals surface area contributed by atoms with Gasteiger partial charge >= 0.3 is 0 Å². The van der Waals surface area contributed by atoms with E-state index < -0.39 is 0 Å².